The lowest BCUT2D eigenvalue weighted by Crippen LogP contribution is -2.40. The van der Waals surface area contributed by atoms with Gasteiger partial charge in [0.2, 0.25) is 0 Å². The Bertz CT molecular complexity index is 459. The smallest absolute Gasteiger partial charge is 0.410 e. The minimum atomic E-state index is -0.422. The average Bonchev–Trinajstić information content (AvgIpc) is 2.86. The summed E-state index contributed by atoms with van der Waals surface area (Å²) in [6.07, 6.45) is 5.61. The molecule has 0 aliphatic carbocycles. The monoisotopic (exact) mass is 308 g/mol. The summed E-state index contributed by atoms with van der Waals surface area (Å²) < 4.78 is 5.49. The predicted octanol–water partition coefficient (Wildman–Crippen LogP) is 3.71. The van der Waals surface area contributed by atoms with E-state index in [1.807, 2.05) is 62.0 Å². The Hall–Kier alpha value is -1.23. The molecule has 116 valence electrons. The molecule has 0 bridgehead atoms. The molecule has 1 unspecified atom stereocenters. The van der Waals surface area contributed by atoms with Gasteiger partial charge in [-0.1, -0.05) is 0 Å². The number of aromatic nitrogens is 1. The molecule has 1 aromatic rings. The summed E-state index contributed by atoms with van der Waals surface area (Å²) in [6, 6.07) is 4.37. The maximum absolute atomic E-state index is 12.2. The number of thioether (sulfide) groups is 1. The van der Waals surface area contributed by atoms with Crippen molar-refractivity contribution in [1.29, 1.82) is 0 Å². The van der Waals surface area contributed by atoms with Crippen molar-refractivity contribution in [3.05, 3.63) is 30.1 Å². The van der Waals surface area contributed by atoms with Gasteiger partial charge in [-0.25, -0.2) is 4.79 Å². The number of pyridine rings is 1. The third kappa shape index (κ3) is 5.23. The highest BCUT2D eigenvalue weighted by molar-refractivity contribution is 7.98. The van der Waals surface area contributed by atoms with Crippen LogP contribution in [0.1, 0.15) is 39.2 Å². The van der Waals surface area contributed by atoms with E-state index in [9.17, 15) is 4.79 Å². The van der Waals surface area contributed by atoms with Gasteiger partial charge in [-0.15, -0.1) is 0 Å². The van der Waals surface area contributed by atoms with Crippen LogP contribution in [0.15, 0.2) is 24.5 Å². The number of amides is 1. The van der Waals surface area contributed by atoms with Crippen molar-refractivity contribution >= 4 is 17.9 Å². The number of nitrogens with zero attached hydrogens (tertiary/aromatic N) is 2. The molecule has 1 fully saturated rings. The lowest BCUT2D eigenvalue weighted by Gasteiger charge is -2.28. The summed E-state index contributed by atoms with van der Waals surface area (Å²) in [5.41, 5.74) is 0.853. The van der Waals surface area contributed by atoms with Crippen LogP contribution in [0.5, 0.6) is 0 Å². The Kier molecular flexibility index (Phi) is 5.51. The largest absolute Gasteiger partial charge is 0.444 e. The topological polar surface area (TPSA) is 42.4 Å². The van der Waals surface area contributed by atoms with Crippen LogP contribution in [0.25, 0.3) is 0 Å². The van der Waals surface area contributed by atoms with Crippen LogP contribution < -0.4 is 0 Å². The first kappa shape index (κ1) is 16.1. The van der Waals surface area contributed by atoms with E-state index in [1.54, 1.807) is 0 Å². The zero-order chi connectivity index (χ0) is 15.3. The van der Waals surface area contributed by atoms with Crippen molar-refractivity contribution in [2.45, 2.75) is 51.0 Å². The second kappa shape index (κ2) is 7.16. The van der Waals surface area contributed by atoms with E-state index in [1.165, 1.54) is 5.56 Å². The molecule has 1 saturated heterocycles. The number of rotatable bonds is 4. The molecule has 2 heterocycles. The van der Waals surface area contributed by atoms with E-state index in [0.717, 1.165) is 30.9 Å². The SMILES string of the molecule is CC(C)(C)OC(=O)N1CCCC1CSCc1ccncc1. The molecule has 1 amide bonds. The van der Waals surface area contributed by atoms with Gasteiger partial charge in [-0.3, -0.25) is 4.98 Å². The Morgan fingerprint density at radius 1 is 1.43 bits per heavy atom. The highest BCUT2D eigenvalue weighted by atomic mass is 32.2. The molecule has 0 N–H and O–H groups in total. The van der Waals surface area contributed by atoms with Gasteiger partial charge in [-0.2, -0.15) is 11.8 Å². The first-order chi connectivity index (χ1) is 9.96. The first-order valence-corrected chi connectivity index (χ1v) is 8.57. The van der Waals surface area contributed by atoms with Crippen molar-refractivity contribution < 1.29 is 9.53 Å². The van der Waals surface area contributed by atoms with E-state index in [2.05, 4.69) is 4.98 Å². The van der Waals surface area contributed by atoms with Crippen LogP contribution in [0, 0.1) is 0 Å². The molecule has 0 radical (unpaired) electrons. The van der Waals surface area contributed by atoms with E-state index in [-0.39, 0.29) is 6.09 Å². The van der Waals surface area contributed by atoms with Crippen LogP contribution in [-0.4, -0.2) is 39.9 Å². The lowest BCUT2D eigenvalue weighted by atomic mass is 10.2. The molecule has 1 aromatic heterocycles. The molecule has 1 aliphatic heterocycles. The Labute approximate surface area is 131 Å². The summed E-state index contributed by atoms with van der Waals surface area (Å²) >= 11 is 1.87. The molecular weight excluding hydrogens is 284 g/mol. The standard InChI is InChI=1S/C16H24N2O2S/c1-16(2,3)20-15(19)18-10-4-5-14(18)12-21-11-13-6-8-17-9-7-13/h6-9,14H,4-5,10-12H2,1-3H3. The molecule has 5 heteroatoms. The maximum atomic E-state index is 12.2. The first-order valence-electron chi connectivity index (χ1n) is 7.42. The van der Waals surface area contributed by atoms with Gasteiger partial charge < -0.3 is 9.64 Å². The molecule has 0 saturated carbocycles. The van der Waals surface area contributed by atoms with Crippen molar-refractivity contribution in [2.75, 3.05) is 12.3 Å². The molecule has 1 aliphatic rings. The fourth-order valence-corrected chi connectivity index (χ4v) is 3.53. The van der Waals surface area contributed by atoms with Crippen molar-refractivity contribution in [3.63, 3.8) is 0 Å². The molecule has 21 heavy (non-hydrogen) atoms. The predicted molar refractivity (Wildman–Crippen MR) is 86.4 cm³/mol. The van der Waals surface area contributed by atoms with Gasteiger partial charge in [-0.05, 0) is 51.3 Å². The second-order valence-electron chi connectivity index (χ2n) is 6.34. The average molecular weight is 308 g/mol. The lowest BCUT2D eigenvalue weighted by molar-refractivity contribution is 0.0242. The van der Waals surface area contributed by atoms with Crippen molar-refractivity contribution in [1.82, 2.24) is 9.88 Å². The summed E-state index contributed by atoms with van der Waals surface area (Å²) in [7, 11) is 0. The number of hydrogen-bond acceptors (Lipinski definition) is 4. The normalized spacial score (nSPS) is 18.8. The van der Waals surface area contributed by atoms with Crippen LogP contribution >= 0.6 is 11.8 Å². The number of ether oxygens (including phenoxy) is 1. The second-order valence-corrected chi connectivity index (χ2v) is 7.37. The van der Waals surface area contributed by atoms with Gasteiger partial charge in [0.25, 0.3) is 0 Å². The Morgan fingerprint density at radius 3 is 2.81 bits per heavy atom. The van der Waals surface area contributed by atoms with E-state index >= 15 is 0 Å². The number of carbonyl (C=O) groups is 1. The molecular formula is C16H24N2O2S. The number of likely N-dealkylation sites (tertiary alicyclic amines) is 1. The zero-order valence-corrected chi connectivity index (χ0v) is 13.9. The quantitative estimate of drug-likeness (QED) is 0.850. The van der Waals surface area contributed by atoms with Gasteiger partial charge in [0.15, 0.2) is 0 Å². The molecule has 4 nitrogen and oxygen atoms in total. The highest BCUT2D eigenvalue weighted by Gasteiger charge is 2.31. The summed E-state index contributed by atoms with van der Waals surface area (Å²) in [5.74, 6) is 1.92. The third-order valence-electron chi connectivity index (χ3n) is 3.33. The zero-order valence-electron chi connectivity index (χ0n) is 13.0. The molecule has 1 atom stereocenters. The summed E-state index contributed by atoms with van der Waals surface area (Å²) in [6.45, 7) is 6.55. The van der Waals surface area contributed by atoms with Gasteiger partial charge in [0.1, 0.15) is 5.60 Å². The fraction of sp³-hybridized carbons (Fsp3) is 0.625. The highest BCUT2D eigenvalue weighted by Crippen LogP contribution is 2.25. The third-order valence-corrected chi connectivity index (χ3v) is 4.49. The van der Waals surface area contributed by atoms with Gasteiger partial charge in [0, 0.05) is 36.5 Å². The Balaban J connectivity index is 1.80. The van der Waals surface area contributed by atoms with Crippen molar-refractivity contribution in [3.8, 4) is 0 Å². The van der Waals surface area contributed by atoms with Crippen LogP contribution in [0.4, 0.5) is 4.79 Å². The summed E-state index contributed by atoms with van der Waals surface area (Å²) in [4.78, 5) is 18.1. The minimum absolute atomic E-state index is 0.172. The van der Waals surface area contributed by atoms with E-state index in [4.69, 9.17) is 4.74 Å². The molecule has 0 spiro atoms. The Morgan fingerprint density at radius 2 is 2.14 bits per heavy atom. The van der Waals surface area contributed by atoms with Crippen LogP contribution in [-0.2, 0) is 10.5 Å². The van der Waals surface area contributed by atoms with E-state index in [0.29, 0.717) is 6.04 Å². The maximum Gasteiger partial charge on any atom is 0.410 e. The number of hydrogen-bond donors (Lipinski definition) is 0. The molecule has 2 rings (SSSR count). The van der Waals surface area contributed by atoms with Crippen LogP contribution in [0.2, 0.25) is 0 Å². The number of carbonyl (C=O) groups excluding carboxylic acids is 1. The summed E-state index contributed by atoms with van der Waals surface area (Å²) in [5, 5.41) is 0. The van der Waals surface area contributed by atoms with Crippen molar-refractivity contribution in [2.24, 2.45) is 0 Å². The van der Waals surface area contributed by atoms with Gasteiger partial charge >= 0.3 is 6.09 Å². The van der Waals surface area contributed by atoms with E-state index < -0.39 is 5.60 Å². The fourth-order valence-electron chi connectivity index (χ4n) is 2.36. The molecule has 0 aromatic carbocycles. The minimum Gasteiger partial charge on any atom is -0.444 e. The van der Waals surface area contributed by atoms with Gasteiger partial charge in [0.05, 0.1) is 0 Å². The van der Waals surface area contributed by atoms with Crippen LogP contribution in [0.3, 0.4) is 0 Å².